The van der Waals surface area contributed by atoms with Crippen LogP contribution in [0.4, 0.5) is 0 Å². The number of nitrogens with zero attached hydrogens (tertiary/aromatic N) is 1. The van der Waals surface area contributed by atoms with Crippen LogP contribution in [-0.4, -0.2) is 23.5 Å². The third-order valence-electron chi connectivity index (χ3n) is 4.54. The van der Waals surface area contributed by atoms with Crippen molar-refractivity contribution in [2.45, 2.75) is 63.5 Å². The Morgan fingerprint density at radius 3 is 2.85 bits per heavy atom. The zero-order valence-electron chi connectivity index (χ0n) is 8.54. The van der Waals surface area contributed by atoms with Crippen LogP contribution in [-0.2, 0) is 0 Å². The molecule has 3 aliphatic rings. The molecule has 0 aromatic heterocycles. The summed E-state index contributed by atoms with van der Waals surface area (Å²) in [6.07, 6.45) is 12.1. The van der Waals surface area contributed by atoms with Gasteiger partial charge in [0, 0.05) is 12.1 Å². The summed E-state index contributed by atoms with van der Waals surface area (Å²) in [5, 5.41) is 0. The van der Waals surface area contributed by atoms with Crippen LogP contribution in [0.3, 0.4) is 0 Å². The van der Waals surface area contributed by atoms with Gasteiger partial charge in [-0.3, -0.25) is 4.90 Å². The molecule has 0 radical (unpaired) electrons. The average Bonchev–Trinajstić information content (AvgIpc) is 2.61. The lowest BCUT2D eigenvalue weighted by atomic mass is 9.99. The van der Waals surface area contributed by atoms with E-state index in [-0.39, 0.29) is 0 Å². The molecule has 3 atom stereocenters. The first-order valence-electron chi connectivity index (χ1n) is 6.21. The van der Waals surface area contributed by atoms with E-state index in [1.54, 1.807) is 6.42 Å². The van der Waals surface area contributed by atoms with Crippen LogP contribution >= 0.6 is 0 Å². The van der Waals surface area contributed by atoms with Crippen LogP contribution in [0.25, 0.3) is 0 Å². The first-order valence-corrected chi connectivity index (χ1v) is 6.21. The van der Waals surface area contributed by atoms with E-state index in [9.17, 15) is 0 Å². The number of hydrogen-bond donors (Lipinski definition) is 0. The fourth-order valence-electron chi connectivity index (χ4n) is 3.97. The van der Waals surface area contributed by atoms with E-state index in [2.05, 4.69) is 4.90 Å². The van der Waals surface area contributed by atoms with E-state index in [0.717, 1.165) is 18.0 Å². The summed E-state index contributed by atoms with van der Waals surface area (Å²) < 4.78 is 0. The highest BCUT2D eigenvalue weighted by atomic mass is 15.2. The van der Waals surface area contributed by atoms with Gasteiger partial charge in [-0.2, -0.15) is 0 Å². The molecule has 0 aromatic rings. The molecule has 2 aliphatic heterocycles. The van der Waals surface area contributed by atoms with Gasteiger partial charge in [0.2, 0.25) is 0 Å². The van der Waals surface area contributed by atoms with Gasteiger partial charge in [0.05, 0.1) is 0 Å². The lowest BCUT2D eigenvalue weighted by Crippen LogP contribution is -2.35. The molecular formula is C12H21N. The van der Waals surface area contributed by atoms with Gasteiger partial charge in [-0.25, -0.2) is 0 Å². The van der Waals surface area contributed by atoms with Crippen molar-refractivity contribution in [3.05, 3.63) is 0 Å². The summed E-state index contributed by atoms with van der Waals surface area (Å²) in [5.74, 6) is 1.10. The quantitative estimate of drug-likeness (QED) is 0.552. The van der Waals surface area contributed by atoms with Gasteiger partial charge in [-0.1, -0.05) is 19.3 Å². The van der Waals surface area contributed by atoms with Gasteiger partial charge >= 0.3 is 0 Å². The Morgan fingerprint density at radius 2 is 1.85 bits per heavy atom. The molecular weight excluding hydrogens is 158 g/mol. The number of rotatable bonds is 0. The second-order valence-electron chi connectivity index (χ2n) is 5.24. The van der Waals surface area contributed by atoms with Crippen LogP contribution in [0.5, 0.6) is 0 Å². The van der Waals surface area contributed by atoms with Gasteiger partial charge in [-0.05, 0) is 44.6 Å². The van der Waals surface area contributed by atoms with Crippen LogP contribution in [0.15, 0.2) is 0 Å². The van der Waals surface area contributed by atoms with E-state index in [0.29, 0.717) is 0 Å². The monoisotopic (exact) mass is 179 g/mol. The predicted molar refractivity (Wildman–Crippen MR) is 54.7 cm³/mol. The molecule has 3 fully saturated rings. The summed E-state index contributed by atoms with van der Waals surface area (Å²) in [4.78, 5) is 2.88. The molecule has 0 spiro atoms. The highest BCUT2D eigenvalue weighted by Gasteiger charge is 2.42. The molecule has 2 saturated heterocycles. The summed E-state index contributed by atoms with van der Waals surface area (Å²) in [7, 11) is 0. The number of fused-ring (bicyclic) bond motifs is 3. The van der Waals surface area contributed by atoms with Crippen LogP contribution < -0.4 is 0 Å². The fourth-order valence-corrected chi connectivity index (χ4v) is 3.97. The molecule has 74 valence electrons. The first-order chi connectivity index (χ1) is 6.45. The Kier molecular flexibility index (Phi) is 2.08. The Morgan fingerprint density at radius 1 is 0.846 bits per heavy atom. The maximum Gasteiger partial charge on any atom is 0.0127 e. The Labute approximate surface area is 81.5 Å². The molecule has 3 unspecified atom stereocenters. The lowest BCUT2D eigenvalue weighted by Gasteiger charge is -2.27. The Bertz CT molecular complexity index is 190. The zero-order chi connectivity index (χ0) is 8.67. The van der Waals surface area contributed by atoms with Crippen molar-refractivity contribution in [2.24, 2.45) is 5.92 Å². The zero-order valence-corrected chi connectivity index (χ0v) is 8.54. The first kappa shape index (κ1) is 8.28. The second-order valence-corrected chi connectivity index (χ2v) is 5.24. The van der Waals surface area contributed by atoms with Crippen molar-refractivity contribution >= 4 is 0 Å². The third kappa shape index (κ3) is 1.32. The molecule has 1 saturated carbocycles. The van der Waals surface area contributed by atoms with Crippen LogP contribution in [0.1, 0.15) is 51.4 Å². The Hall–Kier alpha value is -0.0400. The SMILES string of the molecule is C1CCC2CC3CCCC3N2CC1. The molecule has 1 heteroatoms. The van der Waals surface area contributed by atoms with Crippen molar-refractivity contribution in [1.82, 2.24) is 4.90 Å². The lowest BCUT2D eigenvalue weighted by molar-refractivity contribution is 0.191. The molecule has 0 bridgehead atoms. The second kappa shape index (κ2) is 3.27. The van der Waals surface area contributed by atoms with E-state index < -0.39 is 0 Å². The minimum absolute atomic E-state index is 0.998. The molecule has 0 N–H and O–H groups in total. The van der Waals surface area contributed by atoms with E-state index in [4.69, 9.17) is 0 Å². The smallest absolute Gasteiger partial charge is 0.0127 e. The van der Waals surface area contributed by atoms with E-state index in [1.807, 2.05) is 0 Å². The van der Waals surface area contributed by atoms with Crippen molar-refractivity contribution in [1.29, 1.82) is 0 Å². The highest BCUT2D eigenvalue weighted by Crippen LogP contribution is 2.43. The predicted octanol–water partition coefficient (Wildman–Crippen LogP) is 2.80. The van der Waals surface area contributed by atoms with Crippen LogP contribution in [0, 0.1) is 5.92 Å². The van der Waals surface area contributed by atoms with E-state index in [1.165, 1.54) is 51.5 Å². The summed E-state index contributed by atoms with van der Waals surface area (Å²) in [6, 6.07) is 2.01. The topological polar surface area (TPSA) is 3.24 Å². The molecule has 0 aromatic carbocycles. The van der Waals surface area contributed by atoms with Crippen molar-refractivity contribution in [3.63, 3.8) is 0 Å². The van der Waals surface area contributed by atoms with Gasteiger partial charge in [0.25, 0.3) is 0 Å². The largest absolute Gasteiger partial charge is 0.297 e. The third-order valence-corrected chi connectivity index (χ3v) is 4.54. The summed E-state index contributed by atoms with van der Waals surface area (Å²) in [6.45, 7) is 1.42. The van der Waals surface area contributed by atoms with Crippen LogP contribution in [0.2, 0.25) is 0 Å². The van der Waals surface area contributed by atoms with E-state index >= 15 is 0 Å². The Balaban J connectivity index is 1.77. The van der Waals surface area contributed by atoms with Gasteiger partial charge in [-0.15, -0.1) is 0 Å². The standard InChI is InChI=1S/C12H21N/c1-2-6-11-9-10-5-4-7-12(10)13(11)8-3-1/h10-12H,1-9H2. The molecule has 0 amide bonds. The molecule has 1 nitrogen and oxygen atoms in total. The van der Waals surface area contributed by atoms with Gasteiger partial charge in [0.15, 0.2) is 0 Å². The van der Waals surface area contributed by atoms with Crippen molar-refractivity contribution in [3.8, 4) is 0 Å². The minimum atomic E-state index is 0.998. The van der Waals surface area contributed by atoms with Gasteiger partial charge < -0.3 is 0 Å². The summed E-state index contributed by atoms with van der Waals surface area (Å²) in [5.41, 5.74) is 0. The fraction of sp³-hybridized carbons (Fsp3) is 1.00. The normalized spacial score (nSPS) is 45.7. The van der Waals surface area contributed by atoms with Crippen molar-refractivity contribution in [2.75, 3.05) is 6.54 Å². The molecule has 3 rings (SSSR count). The number of hydrogen-bond acceptors (Lipinski definition) is 1. The minimum Gasteiger partial charge on any atom is -0.297 e. The maximum atomic E-state index is 2.88. The van der Waals surface area contributed by atoms with Crippen molar-refractivity contribution < 1.29 is 0 Å². The summed E-state index contributed by atoms with van der Waals surface area (Å²) >= 11 is 0. The maximum absolute atomic E-state index is 2.88. The highest BCUT2D eigenvalue weighted by molar-refractivity contribution is 4.97. The molecule has 2 heterocycles. The van der Waals surface area contributed by atoms with Gasteiger partial charge in [0.1, 0.15) is 0 Å². The average molecular weight is 179 g/mol. The molecule has 1 aliphatic carbocycles. The molecule has 13 heavy (non-hydrogen) atoms.